The lowest BCUT2D eigenvalue weighted by molar-refractivity contribution is -0.128. The van der Waals surface area contributed by atoms with Gasteiger partial charge in [0.25, 0.3) is 0 Å². The van der Waals surface area contributed by atoms with Crippen molar-refractivity contribution < 1.29 is 22.8 Å². The van der Waals surface area contributed by atoms with E-state index in [9.17, 15) is 22.8 Å². The van der Waals surface area contributed by atoms with Crippen molar-refractivity contribution in [2.24, 2.45) is 11.8 Å². The second-order valence-corrected chi connectivity index (χ2v) is 6.76. The van der Waals surface area contributed by atoms with E-state index in [4.69, 9.17) is 0 Å². The summed E-state index contributed by atoms with van der Waals surface area (Å²) in [5, 5.41) is 5.24. The number of hydrogen-bond acceptors (Lipinski definition) is 2. The second kappa shape index (κ2) is 9.59. The fourth-order valence-electron chi connectivity index (χ4n) is 3.21. The quantitative estimate of drug-likeness (QED) is 0.559. The van der Waals surface area contributed by atoms with Crippen LogP contribution in [0, 0.1) is 29.3 Å². The molecule has 7 heteroatoms. The number of halogens is 3. The summed E-state index contributed by atoms with van der Waals surface area (Å²) in [6.45, 7) is 2.77. The van der Waals surface area contributed by atoms with Crippen LogP contribution in [0.4, 0.5) is 18.9 Å². The maximum absolute atomic E-state index is 13.6. The van der Waals surface area contributed by atoms with Crippen LogP contribution in [-0.4, -0.2) is 18.4 Å². The number of amides is 2. The molecule has 2 N–H and O–H groups in total. The van der Waals surface area contributed by atoms with Crippen molar-refractivity contribution in [3.05, 3.63) is 29.6 Å². The standard InChI is InChI=1S/C19H25F3N2O2/c1-2-3-4-11-23-18(25)12-5-7-13(8-6-12)19(26)24-15-10-9-14(20)16(21)17(15)22/h9-10,12-13H,2-8,11H2,1H3,(H,23,25)(H,24,26). The monoisotopic (exact) mass is 370 g/mol. The van der Waals surface area contributed by atoms with E-state index in [2.05, 4.69) is 17.6 Å². The van der Waals surface area contributed by atoms with E-state index >= 15 is 0 Å². The van der Waals surface area contributed by atoms with Crippen LogP contribution in [-0.2, 0) is 9.59 Å². The highest BCUT2D eigenvalue weighted by Gasteiger charge is 2.30. The van der Waals surface area contributed by atoms with Gasteiger partial charge in [-0.2, -0.15) is 0 Å². The number of nitrogens with one attached hydrogen (secondary N) is 2. The smallest absolute Gasteiger partial charge is 0.227 e. The summed E-state index contributed by atoms with van der Waals surface area (Å²) in [4.78, 5) is 24.3. The Kier molecular flexibility index (Phi) is 7.48. The maximum atomic E-state index is 13.6. The van der Waals surface area contributed by atoms with Gasteiger partial charge in [-0.05, 0) is 44.2 Å². The highest BCUT2D eigenvalue weighted by Crippen LogP contribution is 2.30. The Labute approximate surface area is 151 Å². The van der Waals surface area contributed by atoms with E-state index in [0.717, 1.165) is 31.4 Å². The SMILES string of the molecule is CCCCCNC(=O)C1CCC(C(=O)Nc2ccc(F)c(F)c2F)CC1. The van der Waals surface area contributed by atoms with Crippen LogP contribution in [0.15, 0.2) is 12.1 Å². The zero-order chi connectivity index (χ0) is 19.1. The lowest BCUT2D eigenvalue weighted by Crippen LogP contribution is -2.36. The Balaban J connectivity index is 1.81. The first kappa shape index (κ1) is 20.3. The van der Waals surface area contributed by atoms with Gasteiger partial charge in [0, 0.05) is 18.4 Å². The van der Waals surface area contributed by atoms with E-state index in [1.807, 2.05) is 0 Å². The van der Waals surface area contributed by atoms with Crippen LogP contribution >= 0.6 is 0 Å². The van der Waals surface area contributed by atoms with Crippen LogP contribution in [0.5, 0.6) is 0 Å². The lowest BCUT2D eigenvalue weighted by Gasteiger charge is -2.27. The molecule has 0 radical (unpaired) electrons. The third kappa shape index (κ3) is 5.22. The molecule has 0 aromatic heterocycles. The Morgan fingerprint density at radius 1 is 0.962 bits per heavy atom. The molecule has 0 atom stereocenters. The highest BCUT2D eigenvalue weighted by molar-refractivity contribution is 5.93. The van der Waals surface area contributed by atoms with Gasteiger partial charge in [0.05, 0.1) is 5.69 Å². The lowest BCUT2D eigenvalue weighted by atomic mass is 9.81. The zero-order valence-electron chi connectivity index (χ0n) is 14.9. The van der Waals surface area contributed by atoms with Gasteiger partial charge >= 0.3 is 0 Å². The van der Waals surface area contributed by atoms with E-state index < -0.39 is 23.4 Å². The largest absolute Gasteiger partial charge is 0.356 e. The van der Waals surface area contributed by atoms with Crippen LogP contribution in [0.2, 0.25) is 0 Å². The van der Waals surface area contributed by atoms with E-state index in [0.29, 0.717) is 32.2 Å². The summed E-state index contributed by atoms with van der Waals surface area (Å²) in [5.41, 5.74) is -0.371. The third-order valence-corrected chi connectivity index (χ3v) is 4.84. The molecule has 2 amide bonds. The molecule has 1 aromatic rings. The third-order valence-electron chi connectivity index (χ3n) is 4.84. The topological polar surface area (TPSA) is 58.2 Å². The van der Waals surface area contributed by atoms with Gasteiger partial charge in [0.2, 0.25) is 11.8 Å². The molecule has 1 fully saturated rings. The normalized spacial score (nSPS) is 19.8. The number of carbonyl (C=O) groups excluding carboxylic acids is 2. The molecule has 4 nitrogen and oxygen atoms in total. The van der Waals surface area contributed by atoms with Crippen LogP contribution in [0.25, 0.3) is 0 Å². The molecule has 26 heavy (non-hydrogen) atoms. The molecule has 1 aliphatic rings. The van der Waals surface area contributed by atoms with Gasteiger partial charge in [-0.1, -0.05) is 19.8 Å². The Morgan fingerprint density at radius 2 is 1.58 bits per heavy atom. The Morgan fingerprint density at radius 3 is 2.19 bits per heavy atom. The summed E-state index contributed by atoms with van der Waals surface area (Å²) < 4.78 is 39.8. The fraction of sp³-hybridized carbons (Fsp3) is 0.579. The molecular weight excluding hydrogens is 345 g/mol. The summed E-state index contributed by atoms with van der Waals surface area (Å²) in [5.74, 6) is -5.20. The van der Waals surface area contributed by atoms with E-state index in [-0.39, 0.29) is 23.4 Å². The highest BCUT2D eigenvalue weighted by atomic mass is 19.2. The van der Waals surface area contributed by atoms with Crippen molar-refractivity contribution in [1.82, 2.24) is 5.32 Å². The molecule has 2 rings (SSSR count). The predicted molar refractivity (Wildman–Crippen MR) is 92.9 cm³/mol. The molecule has 0 aliphatic heterocycles. The molecule has 0 saturated heterocycles. The summed E-state index contributed by atoms with van der Waals surface area (Å²) in [6, 6.07) is 1.77. The number of unbranched alkanes of at least 4 members (excludes halogenated alkanes) is 2. The van der Waals surface area contributed by atoms with Crippen LogP contribution < -0.4 is 10.6 Å². The average molecular weight is 370 g/mol. The van der Waals surface area contributed by atoms with Gasteiger partial charge in [-0.15, -0.1) is 0 Å². The molecular formula is C19H25F3N2O2. The number of rotatable bonds is 7. The maximum Gasteiger partial charge on any atom is 0.227 e. The summed E-state index contributed by atoms with van der Waals surface area (Å²) in [6.07, 6.45) is 5.30. The van der Waals surface area contributed by atoms with Gasteiger partial charge < -0.3 is 10.6 Å². The minimum Gasteiger partial charge on any atom is -0.356 e. The number of anilines is 1. The molecule has 0 unspecified atom stereocenters. The van der Waals surface area contributed by atoms with Gasteiger partial charge in [-0.25, -0.2) is 13.2 Å². The van der Waals surface area contributed by atoms with Crippen LogP contribution in [0.3, 0.4) is 0 Å². The van der Waals surface area contributed by atoms with E-state index in [1.54, 1.807) is 0 Å². The van der Waals surface area contributed by atoms with Gasteiger partial charge in [0.1, 0.15) is 0 Å². The van der Waals surface area contributed by atoms with Crippen molar-refractivity contribution >= 4 is 17.5 Å². The Hall–Kier alpha value is -2.05. The predicted octanol–water partition coefficient (Wildman–Crippen LogP) is 4.16. The molecule has 1 saturated carbocycles. The zero-order valence-corrected chi connectivity index (χ0v) is 14.9. The Bertz CT molecular complexity index is 644. The van der Waals surface area contributed by atoms with Gasteiger partial charge in [0.15, 0.2) is 17.5 Å². The molecule has 0 heterocycles. The summed E-state index contributed by atoms with van der Waals surface area (Å²) in [7, 11) is 0. The van der Waals surface area contributed by atoms with Crippen LogP contribution in [0.1, 0.15) is 51.9 Å². The molecule has 1 aliphatic carbocycles. The first-order valence-corrected chi connectivity index (χ1v) is 9.16. The van der Waals surface area contributed by atoms with Crippen molar-refractivity contribution in [3.8, 4) is 0 Å². The summed E-state index contributed by atoms with van der Waals surface area (Å²) >= 11 is 0. The van der Waals surface area contributed by atoms with Gasteiger partial charge in [-0.3, -0.25) is 9.59 Å². The molecule has 1 aromatic carbocycles. The molecule has 0 spiro atoms. The van der Waals surface area contributed by atoms with Crippen molar-refractivity contribution in [2.75, 3.05) is 11.9 Å². The average Bonchev–Trinajstić information content (AvgIpc) is 2.65. The fourth-order valence-corrected chi connectivity index (χ4v) is 3.21. The first-order valence-electron chi connectivity index (χ1n) is 9.16. The number of carbonyl (C=O) groups is 2. The van der Waals surface area contributed by atoms with Crippen molar-refractivity contribution in [2.45, 2.75) is 51.9 Å². The number of hydrogen-bond donors (Lipinski definition) is 2. The van der Waals surface area contributed by atoms with Crippen molar-refractivity contribution in [1.29, 1.82) is 0 Å². The van der Waals surface area contributed by atoms with E-state index in [1.165, 1.54) is 0 Å². The van der Waals surface area contributed by atoms with Crippen molar-refractivity contribution in [3.63, 3.8) is 0 Å². The minimum atomic E-state index is -1.61. The first-order chi connectivity index (χ1) is 12.4. The molecule has 0 bridgehead atoms. The molecule has 144 valence electrons. The second-order valence-electron chi connectivity index (χ2n) is 6.76. The number of benzene rings is 1. The minimum absolute atomic E-state index is 0.0200.